The summed E-state index contributed by atoms with van der Waals surface area (Å²) < 4.78 is 0. The van der Waals surface area contributed by atoms with Crippen LogP contribution in [0, 0.1) is 0 Å². The van der Waals surface area contributed by atoms with E-state index in [0.717, 1.165) is 0 Å². The number of rotatable bonds is 4. The highest BCUT2D eigenvalue weighted by Gasteiger charge is 2.25. The van der Waals surface area contributed by atoms with Crippen molar-refractivity contribution in [1.82, 2.24) is 4.90 Å². The van der Waals surface area contributed by atoms with Crippen LogP contribution in [0.25, 0.3) is 0 Å². The van der Waals surface area contributed by atoms with Crippen molar-refractivity contribution in [3.05, 3.63) is 12.7 Å². The van der Waals surface area contributed by atoms with Crippen LogP contribution in [0.5, 0.6) is 0 Å². The van der Waals surface area contributed by atoms with Gasteiger partial charge >= 0.3 is 6.09 Å². The second kappa shape index (κ2) is 5.00. The van der Waals surface area contributed by atoms with Crippen LogP contribution in [0.4, 0.5) is 4.79 Å². The number of amides is 1. The molecule has 0 fully saturated rings. The molecule has 0 aromatic carbocycles. The van der Waals surface area contributed by atoms with Gasteiger partial charge in [0, 0.05) is 12.1 Å². The number of carbonyl (C=O) groups is 1. The van der Waals surface area contributed by atoms with E-state index >= 15 is 0 Å². The minimum atomic E-state index is -0.964. The van der Waals surface area contributed by atoms with Crippen LogP contribution < -0.4 is 0 Å². The summed E-state index contributed by atoms with van der Waals surface area (Å²) >= 11 is 0. The zero-order valence-corrected chi connectivity index (χ0v) is 9.03. The highest BCUT2D eigenvalue weighted by molar-refractivity contribution is 5.65. The molecule has 0 aliphatic carbocycles. The highest BCUT2D eigenvalue weighted by atomic mass is 16.4. The van der Waals surface area contributed by atoms with E-state index in [0.29, 0.717) is 13.0 Å². The first-order valence-corrected chi connectivity index (χ1v) is 4.60. The van der Waals surface area contributed by atoms with E-state index in [9.17, 15) is 9.90 Å². The van der Waals surface area contributed by atoms with Crippen molar-refractivity contribution in [3.8, 4) is 0 Å². The lowest BCUT2D eigenvalue weighted by atomic mass is 10.1. The van der Waals surface area contributed by atoms with E-state index in [1.165, 1.54) is 11.0 Å². The van der Waals surface area contributed by atoms with Gasteiger partial charge in [-0.25, -0.2) is 4.79 Å². The predicted molar refractivity (Wildman–Crippen MR) is 55.3 cm³/mol. The molecule has 0 radical (unpaired) electrons. The molecule has 0 spiro atoms. The minimum absolute atomic E-state index is 0.312. The summed E-state index contributed by atoms with van der Waals surface area (Å²) in [5.74, 6) is 0. The lowest BCUT2D eigenvalue weighted by Gasteiger charge is -2.33. The van der Waals surface area contributed by atoms with Gasteiger partial charge in [-0.05, 0) is 27.2 Å². The Hall–Kier alpha value is -1.03. The van der Waals surface area contributed by atoms with Crippen molar-refractivity contribution in [3.63, 3.8) is 0 Å². The number of hydrogen-bond donors (Lipinski definition) is 2. The van der Waals surface area contributed by atoms with Crippen molar-refractivity contribution in [1.29, 1.82) is 0 Å². The molecular weight excluding hydrogens is 182 g/mol. The summed E-state index contributed by atoms with van der Waals surface area (Å²) in [7, 11) is 0. The van der Waals surface area contributed by atoms with Crippen molar-refractivity contribution in [2.45, 2.75) is 38.8 Å². The first-order valence-electron chi connectivity index (χ1n) is 4.60. The predicted octanol–water partition coefficient (Wildman–Crippen LogP) is 1.70. The molecule has 2 N–H and O–H groups in total. The van der Waals surface area contributed by atoms with E-state index < -0.39 is 17.7 Å². The zero-order chi connectivity index (χ0) is 11.4. The molecule has 4 heteroatoms. The fourth-order valence-corrected chi connectivity index (χ4v) is 1.10. The molecule has 0 saturated heterocycles. The topological polar surface area (TPSA) is 60.8 Å². The standard InChI is InChI=1S/C10H19NO3/c1-5-8(12)6-7-11(9(13)14)10(2,3)4/h5,8,12H,1,6-7H2,2-4H3,(H,13,14)/t8-/m1/s1. The van der Waals surface area contributed by atoms with Crippen LogP contribution in [0.3, 0.4) is 0 Å². The number of aliphatic hydroxyl groups is 1. The number of carboxylic acid groups (broad SMARTS) is 1. The first kappa shape index (κ1) is 13.0. The van der Waals surface area contributed by atoms with Gasteiger partial charge in [-0.1, -0.05) is 6.08 Å². The number of nitrogens with zero attached hydrogens (tertiary/aromatic N) is 1. The Kier molecular flexibility index (Phi) is 4.63. The zero-order valence-electron chi connectivity index (χ0n) is 9.03. The van der Waals surface area contributed by atoms with Crippen LogP contribution in [-0.4, -0.2) is 39.4 Å². The minimum Gasteiger partial charge on any atom is -0.465 e. The summed E-state index contributed by atoms with van der Waals surface area (Å²) in [4.78, 5) is 12.2. The summed E-state index contributed by atoms with van der Waals surface area (Å²) in [6.45, 7) is 9.20. The van der Waals surface area contributed by atoms with Crippen LogP contribution >= 0.6 is 0 Å². The SMILES string of the molecule is C=C[C@@H](O)CCN(C(=O)O)C(C)(C)C. The molecule has 0 bridgehead atoms. The third kappa shape index (κ3) is 4.28. The molecule has 0 aliphatic heterocycles. The molecule has 4 nitrogen and oxygen atoms in total. The maximum Gasteiger partial charge on any atom is 0.407 e. The largest absolute Gasteiger partial charge is 0.465 e. The van der Waals surface area contributed by atoms with Gasteiger partial charge in [0.05, 0.1) is 6.10 Å². The lowest BCUT2D eigenvalue weighted by molar-refractivity contribution is 0.0895. The smallest absolute Gasteiger partial charge is 0.407 e. The second-order valence-corrected chi connectivity index (χ2v) is 4.20. The van der Waals surface area contributed by atoms with E-state index in [2.05, 4.69) is 6.58 Å². The molecule has 0 aromatic heterocycles. The maximum atomic E-state index is 10.9. The van der Waals surface area contributed by atoms with E-state index in [-0.39, 0.29) is 0 Å². The van der Waals surface area contributed by atoms with Gasteiger partial charge in [0.1, 0.15) is 0 Å². The molecule has 0 aromatic rings. The van der Waals surface area contributed by atoms with Gasteiger partial charge in [-0.3, -0.25) is 0 Å². The van der Waals surface area contributed by atoms with Gasteiger partial charge in [0.2, 0.25) is 0 Å². The normalized spacial score (nSPS) is 13.4. The molecule has 1 amide bonds. The van der Waals surface area contributed by atoms with Crippen molar-refractivity contribution in [2.24, 2.45) is 0 Å². The van der Waals surface area contributed by atoms with Gasteiger partial charge < -0.3 is 15.1 Å². The van der Waals surface area contributed by atoms with Crippen molar-refractivity contribution < 1.29 is 15.0 Å². The molecule has 0 rings (SSSR count). The molecule has 0 aliphatic rings. The average Bonchev–Trinajstić information content (AvgIpc) is 2.01. The Morgan fingerprint density at radius 2 is 2.07 bits per heavy atom. The third-order valence-corrected chi connectivity index (χ3v) is 1.96. The number of hydrogen-bond acceptors (Lipinski definition) is 2. The summed E-state index contributed by atoms with van der Waals surface area (Å²) in [6.07, 6.45) is 0.184. The Morgan fingerprint density at radius 1 is 1.57 bits per heavy atom. The molecule has 0 saturated carbocycles. The van der Waals surface area contributed by atoms with Gasteiger partial charge in [-0.2, -0.15) is 0 Å². The van der Waals surface area contributed by atoms with Gasteiger partial charge in [0.25, 0.3) is 0 Å². The van der Waals surface area contributed by atoms with Crippen LogP contribution in [-0.2, 0) is 0 Å². The average molecular weight is 201 g/mol. The summed E-state index contributed by atoms with van der Waals surface area (Å²) in [5.41, 5.74) is -0.438. The maximum absolute atomic E-state index is 10.9. The van der Waals surface area contributed by atoms with Crippen LogP contribution in [0.1, 0.15) is 27.2 Å². The first-order chi connectivity index (χ1) is 6.29. The van der Waals surface area contributed by atoms with Crippen molar-refractivity contribution in [2.75, 3.05) is 6.54 Å². The van der Waals surface area contributed by atoms with Crippen LogP contribution in [0.15, 0.2) is 12.7 Å². The fourth-order valence-electron chi connectivity index (χ4n) is 1.10. The third-order valence-electron chi connectivity index (χ3n) is 1.96. The van der Waals surface area contributed by atoms with E-state index in [1.54, 1.807) is 0 Å². The van der Waals surface area contributed by atoms with Crippen LogP contribution in [0.2, 0.25) is 0 Å². The number of aliphatic hydroxyl groups excluding tert-OH is 1. The lowest BCUT2D eigenvalue weighted by Crippen LogP contribution is -2.46. The molecule has 0 unspecified atom stereocenters. The van der Waals surface area contributed by atoms with Gasteiger partial charge in [0.15, 0.2) is 0 Å². The quantitative estimate of drug-likeness (QED) is 0.680. The highest BCUT2D eigenvalue weighted by Crippen LogP contribution is 2.14. The molecule has 0 heterocycles. The van der Waals surface area contributed by atoms with Crippen molar-refractivity contribution >= 4 is 6.09 Å². The Labute approximate surface area is 84.8 Å². The Bertz CT molecular complexity index is 208. The molecular formula is C10H19NO3. The molecule has 1 atom stereocenters. The van der Waals surface area contributed by atoms with E-state index in [4.69, 9.17) is 5.11 Å². The summed E-state index contributed by atoms with van der Waals surface area (Å²) in [5, 5.41) is 18.1. The Balaban J connectivity index is 4.26. The molecule has 14 heavy (non-hydrogen) atoms. The fraction of sp³-hybridized carbons (Fsp3) is 0.700. The monoisotopic (exact) mass is 201 g/mol. The summed E-state index contributed by atoms with van der Waals surface area (Å²) in [6, 6.07) is 0. The molecule has 82 valence electrons. The second-order valence-electron chi connectivity index (χ2n) is 4.20. The van der Waals surface area contributed by atoms with E-state index in [1.807, 2.05) is 20.8 Å². The Morgan fingerprint density at radius 3 is 2.36 bits per heavy atom. The van der Waals surface area contributed by atoms with Gasteiger partial charge in [-0.15, -0.1) is 6.58 Å².